The number of hydrogen-bond donors (Lipinski definition) is 0. The number of hydrogen-bond acceptors (Lipinski definition) is 7. The molecule has 9 aromatic rings. The Morgan fingerprint density at radius 1 is 0.400 bits per heavy atom. The Bertz CT molecular complexity index is 3320. The Labute approximate surface area is 378 Å². The molecule has 0 aliphatic carbocycles. The molecule has 65 heavy (non-hydrogen) atoms. The molecule has 0 saturated carbocycles. The van der Waals surface area contributed by atoms with E-state index in [0.29, 0.717) is 73.2 Å². The van der Waals surface area contributed by atoms with Crippen LogP contribution in [0.5, 0.6) is 0 Å². The van der Waals surface area contributed by atoms with Crippen molar-refractivity contribution in [2.45, 2.75) is 52.4 Å². The van der Waals surface area contributed by atoms with Gasteiger partial charge in [-0.25, -0.2) is 15.0 Å². The number of nitrogens with zero attached hydrogens (tertiary/aromatic N) is 8. The van der Waals surface area contributed by atoms with Gasteiger partial charge >= 0.3 is 0 Å². The number of fused-ring (bicyclic) bond motifs is 3. The second kappa shape index (κ2) is 16.2. The van der Waals surface area contributed by atoms with Gasteiger partial charge in [0.1, 0.15) is 0 Å². The zero-order chi connectivity index (χ0) is 45.6. The highest BCUT2D eigenvalue weighted by Gasteiger charge is 2.27. The molecule has 8 heteroatoms. The fourth-order valence-corrected chi connectivity index (χ4v) is 8.43. The fraction of sp³-hybridized carbons (Fsp3) is 0.140. The standard InChI is InChI=1S/C57H42N8/c1-56(2,3)42-19-23-50-46(29-42)47-30-43(57(4,5)6)20-24-51(47)65(50)52-48(44-21-17-35(31-58)25-40(44)33-60)27-39(28-49(52)45-22-18-36(32-59)26-41(45)34-61)55-63-53(37-13-9-7-10-14-37)62-54(64-55)38-15-11-8-12-16-38/h7-30H,1-6H3. The normalized spacial score (nSPS) is 11.5. The summed E-state index contributed by atoms with van der Waals surface area (Å²) in [4.78, 5) is 15.2. The molecule has 0 atom stereocenters. The number of nitriles is 4. The predicted octanol–water partition coefficient (Wildman–Crippen LogP) is 13.4. The molecule has 0 amide bonds. The van der Waals surface area contributed by atoms with Crippen molar-refractivity contribution in [2.75, 3.05) is 0 Å². The van der Waals surface area contributed by atoms with Gasteiger partial charge in [-0.1, -0.05) is 126 Å². The molecule has 7 aromatic carbocycles. The Balaban J connectivity index is 1.49. The van der Waals surface area contributed by atoms with Crippen LogP contribution in [0.2, 0.25) is 0 Å². The van der Waals surface area contributed by atoms with Crippen LogP contribution < -0.4 is 0 Å². The molecular weight excluding hydrogens is 797 g/mol. The number of rotatable bonds is 6. The van der Waals surface area contributed by atoms with Crippen LogP contribution in [-0.2, 0) is 10.8 Å². The van der Waals surface area contributed by atoms with Crippen LogP contribution in [0.15, 0.2) is 146 Å². The lowest BCUT2D eigenvalue weighted by Gasteiger charge is -2.23. The lowest BCUT2D eigenvalue weighted by atomic mass is 9.85. The Hall–Kier alpha value is -8.69. The van der Waals surface area contributed by atoms with Gasteiger partial charge < -0.3 is 4.57 Å². The van der Waals surface area contributed by atoms with E-state index in [1.165, 1.54) is 11.1 Å². The molecule has 0 aliphatic rings. The van der Waals surface area contributed by atoms with Crippen LogP contribution in [0, 0.1) is 45.3 Å². The van der Waals surface area contributed by atoms with Crippen molar-refractivity contribution in [3.63, 3.8) is 0 Å². The Morgan fingerprint density at radius 3 is 1.17 bits per heavy atom. The van der Waals surface area contributed by atoms with E-state index in [1.54, 1.807) is 24.3 Å². The third-order valence-corrected chi connectivity index (χ3v) is 11.9. The molecule has 2 heterocycles. The minimum Gasteiger partial charge on any atom is -0.308 e. The summed E-state index contributed by atoms with van der Waals surface area (Å²) in [6.07, 6.45) is 0. The molecule has 2 aromatic heterocycles. The van der Waals surface area contributed by atoms with E-state index in [4.69, 9.17) is 15.0 Å². The van der Waals surface area contributed by atoms with Gasteiger partial charge in [0.25, 0.3) is 0 Å². The van der Waals surface area contributed by atoms with Crippen LogP contribution in [0.25, 0.3) is 83.9 Å². The maximum atomic E-state index is 10.8. The molecule has 0 aliphatic heterocycles. The lowest BCUT2D eigenvalue weighted by Crippen LogP contribution is -2.10. The first-order valence-electron chi connectivity index (χ1n) is 21.3. The predicted molar refractivity (Wildman–Crippen MR) is 258 cm³/mol. The fourth-order valence-electron chi connectivity index (χ4n) is 8.43. The van der Waals surface area contributed by atoms with Gasteiger partial charge in [0, 0.05) is 49.7 Å². The van der Waals surface area contributed by atoms with E-state index in [0.717, 1.165) is 32.9 Å². The summed E-state index contributed by atoms with van der Waals surface area (Å²) in [5, 5.41) is 43.8. The molecule has 8 nitrogen and oxygen atoms in total. The highest BCUT2D eigenvalue weighted by atomic mass is 15.0. The van der Waals surface area contributed by atoms with Crippen molar-refractivity contribution in [1.29, 1.82) is 21.0 Å². The summed E-state index contributed by atoms with van der Waals surface area (Å²) in [5.74, 6) is 1.32. The molecule has 0 saturated heterocycles. The van der Waals surface area contributed by atoms with Crippen LogP contribution in [0.3, 0.4) is 0 Å². The zero-order valence-electron chi connectivity index (χ0n) is 36.9. The van der Waals surface area contributed by atoms with Crippen molar-refractivity contribution in [2.24, 2.45) is 0 Å². The molecule has 0 unspecified atom stereocenters. The summed E-state index contributed by atoms with van der Waals surface area (Å²) in [5.41, 5.74) is 10.6. The summed E-state index contributed by atoms with van der Waals surface area (Å²) < 4.78 is 2.23. The van der Waals surface area contributed by atoms with E-state index in [2.05, 4.69) is 107 Å². The second-order valence-corrected chi connectivity index (χ2v) is 18.2. The average molecular weight is 839 g/mol. The van der Waals surface area contributed by atoms with E-state index >= 15 is 0 Å². The van der Waals surface area contributed by atoms with Crippen LogP contribution in [0.4, 0.5) is 0 Å². The van der Waals surface area contributed by atoms with Gasteiger partial charge in [-0.2, -0.15) is 21.0 Å². The summed E-state index contributed by atoms with van der Waals surface area (Å²) in [6, 6.07) is 56.1. The SMILES string of the molecule is CC(C)(C)c1ccc2c(c1)c1cc(C(C)(C)C)ccc1n2-c1c(-c2ccc(C#N)cc2C#N)cc(-c2nc(-c3ccccc3)nc(-c3ccccc3)n2)cc1-c1ccc(C#N)cc1C#N. The second-order valence-electron chi connectivity index (χ2n) is 18.2. The lowest BCUT2D eigenvalue weighted by molar-refractivity contribution is 0.590. The van der Waals surface area contributed by atoms with Crippen molar-refractivity contribution in [3.8, 4) is 86.4 Å². The van der Waals surface area contributed by atoms with E-state index in [9.17, 15) is 21.0 Å². The van der Waals surface area contributed by atoms with Crippen molar-refractivity contribution < 1.29 is 0 Å². The van der Waals surface area contributed by atoms with Crippen LogP contribution in [0.1, 0.15) is 74.9 Å². The molecule has 9 rings (SSSR count). The molecule has 0 fully saturated rings. The van der Waals surface area contributed by atoms with Gasteiger partial charge in [0.05, 0.1) is 63.3 Å². The smallest absolute Gasteiger partial charge is 0.164 e. The highest BCUT2D eigenvalue weighted by Crippen LogP contribution is 2.46. The number of aromatic nitrogens is 4. The summed E-state index contributed by atoms with van der Waals surface area (Å²) in [7, 11) is 0. The summed E-state index contributed by atoms with van der Waals surface area (Å²) in [6.45, 7) is 13.2. The monoisotopic (exact) mass is 838 g/mol. The third-order valence-electron chi connectivity index (χ3n) is 11.9. The summed E-state index contributed by atoms with van der Waals surface area (Å²) >= 11 is 0. The topological polar surface area (TPSA) is 139 Å². The maximum Gasteiger partial charge on any atom is 0.164 e. The van der Waals surface area contributed by atoms with Gasteiger partial charge in [-0.15, -0.1) is 0 Å². The maximum absolute atomic E-state index is 10.8. The van der Waals surface area contributed by atoms with Gasteiger partial charge in [0.15, 0.2) is 17.5 Å². The van der Waals surface area contributed by atoms with Gasteiger partial charge in [-0.3, -0.25) is 0 Å². The van der Waals surface area contributed by atoms with Crippen LogP contribution >= 0.6 is 0 Å². The Morgan fingerprint density at radius 2 is 0.800 bits per heavy atom. The van der Waals surface area contributed by atoms with E-state index in [-0.39, 0.29) is 10.8 Å². The molecule has 0 spiro atoms. The van der Waals surface area contributed by atoms with Gasteiger partial charge in [-0.05, 0) is 82.6 Å². The van der Waals surface area contributed by atoms with Crippen molar-refractivity contribution in [3.05, 3.63) is 179 Å². The van der Waals surface area contributed by atoms with Gasteiger partial charge in [0.2, 0.25) is 0 Å². The van der Waals surface area contributed by atoms with Crippen molar-refractivity contribution in [1.82, 2.24) is 19.5 Å². The highest BCUT2D eigenvalue weighted by molar-refractivity contribution is 6.11. The third kappa shape index (κ3) is 7.65. The van der Waals surface area contributed by atoms with E-state index in [1.807, 2.05) is 84.9 Å². The molecular formula is C57H42N8. The van der Waals surface area contributed by atoms with Crippen molar-refractivity contribution >= 4 is 21.8 Å². The minimum absolute atomic E-state index is 0.141. The molecule has 310 valence electrons. The first-order valence-corrected chi connectivity index (χ1v) is 21.3. The van der Waals surface area contributed by atoms with E-state index < -0.39 is 0 Å². The molecule has 0 bridgehead atoms. The number of benzene rings is 7. The molecule has 0 radical (unpaired) electrons. The largest absolute Gasteiger partial charge is 0.308 e. The van der Waals surface area contributed by atoms with Crippen LogP contribution in [-0.4, -0.2) is 19.5 Å². The Kier molecular flexibility index (Phi) is 10.4. The first kappa shape index (κ1) is 41.7. The average Bonchev–Trinajstić information content (AvgIpc) is 3.65. The molecule has 0 N–H and O–H groups in total. The quantitative estimate of drug-likeness (QED) is 0.162. The zero-order valence-corrected chi connectivity index (χ0v) is 36.9. The first-order chi connectivity index (χ1) is 31.3. The minimum atomic E-state index is -0.141.